The van der Waals surface area contributed by atoms with Crippen molar-refractivity contribution in [3.63, 3.8) is 0 Å². The third-order valence-corrected chi connectivity index (χ3v) is 7.64. The average molecular weight is 624 g/mol. The minimum atomic E-state index is -0.583. The van der Waals surface area contributed by atoms with Crippen molar-refractivity contribution >= 4 is 50.9 Å². The number of ether oxygens (including phenoxy) is 2. The molecule has 0 N–H and O–H groups in total. The van der Waals surface area contributed by atoms with Gasteiger partial charge in [0.1, 0.15) is 17.7 Å². The van der Waals surface area contributed by atoms with Gasteiger partial charge in [-0.3, -0.25) is 14.7 Å². The molecule has 1 heterocycles. The maximum absolute atomic E-state index is 11.6. The Kier molecular flexibility index (Phi) is 8.96. The standard InChI is InChI=1S/C25H21BrCl2N4O4S/c1-15-29-30-25(32(15)20-9-7-19(28)8-10-20)37-23(13-31(33)34)17-11-21(26)24(22(12-17)35-2)36-14-16-3-5-18(27)6-4-16/h3-12,23H,13-14H2,1-2H3/t23-/m1/s1. The molecule has 192 valence electrons. The van der Waals surface area contributed by atoms with Crippen LogP contribution in [-0.2, 0) is 6.61 Å². The molecule has 0 unspecified atom stereocenters. The van der Waals surface area contributed by atoms with Gasteiger partial charge in [-0.15, -0.1) is 10.2 Å². The molecule has 0 aliphatic heterocycles. The number of benzene rings is 3. The van der Waals surface area contributed by atoms with Gasteiger partial charge in [-0.25, -0.2) is 0 Å². The number of nitro groups is 1. The summed E-state index contributed by atoms with van der Waals surface area (Å²) in [6.07, 6.45) is 0. The highest BCUT2D eigenvalue weighted by Crippen LogP contribution is 2.43. The van der Waals surface area contributed by atoms with E-state index in [4.69, 9.17) is 32.7 Å². The fraction of sp³-hybridized carbons (Fsp3) is 0.200. The molecule has 4 rings (SSSR count). The van der Waals surface area contributed by atoms with Crippen LogP contribution in [0.5, 0.6) is 11.5 Å². The summed E-state index contributed by atoms with van der Waals surface area (Å²) in [6.45, 7) is 1.78. The molecule has 0 saturated carbocycles. The summed E-state index contributed by atoms with van der Waals surface area (Å²) < 4.78 is 14.1. The van der Waals surface area contributed by atoms with E-state index in [1.54, 1.807) is 36.4 Å². The van der Waals surface area contributed by atoms with Gasteiger partial charge in [0, 0.05) is 20.7 Å². The van der Waals surface area contributed by atoms with Crippen LogP contribution in [0.3, 0.4) is 0 Å². The Bertz CT molecular complexity index is 1400. The predicted octanol–water partition coefficient (Wildman–Crippen LogP) is 7.34. The topological polar surface area (TPSA) is 92.3 Å². The molecule has 0 saturated heterocycles. The second-order valence-corrected chi connectivity index (χ2v) is 10.8. The lowest BCUT2D eigenvalue weighted by atomic mass is 10.1. The molecule has 0 radical (unpaired) electrons. The van der Waals surface area contributed by atoms with Gasteiger partial charge < -0.3 is 9.47 Å². The van der Waals surface area contributed by atoms with Crippen molar-refractivity contribution in [2.75, 3.05) is 13.7 Å². The molecule has 1 atom stereocenters. The van der Waals surface area contributed by atoms with Crippen LogP contribution >= 0.6 is 50.9 Å². The Morgan fingerprint density at radius 3 is 2.35 bits per heavy atom. The molecule has 0 fully saturated rings. The van der Waals surface area contributed by atoms with Gasteiger partial charge in [0.05, 0.1) is 11.6 Å². The molecular weight excluding hydrogens is 603 g/mol. The maximum atomic E-state index is 11.6. The highest BCUT2D eigenvalue weighted by atomic mass is 79.9. The zero-order chi connectivity index (χ0) is 26.5. The van der Waals surface area contributed by atoms with Crippen molar-refractivity contribution in [3.8, 4) is 17.2 Å². The van der Waals surface area contributed by atoms with Gasteiger partial charge in [0.2, 0.25) is 6.54 Å². The van der Waals surface area contributed by atoms with Crippen LogP contribution in [0.25, 0.3) is 5.69 Å². The second kappa shape index (κ2) is 12.2. The highest BCUT2D eigenvalue weighted by molar-refractivity contribution is 9.10. The normalized spacial score (nSPS) is 11.8. The van der Waals surface area contributed by atoms with Crippen LogP contribution in [0.4, 0.5) is 0 Å². The molecule has 0 aliphatic rings. The fourth-order valence-electron chi connectivity index (χ4n) is 3.58. The van der Waals surface area contributed by atoms with E-state index in [1.165, 1.54) is 18.9 Å². The quantitative estimate of drug-likeness (QED) is 0.104. The van der Waals surface area contributed by atoms with E-state index in [9.17, 15) is 10.1 Å². The molecule has 12 heteroatoms. The third-order valence-electron chi connectivity index (χ3n) is 5.36. The maximum Gasteiger partial charge on any atom is 0.220 e. The zero-order valence-corrected chi connectivity index (χ0v) is 23.6. The van der Waals surface area contributed by atoms with Crippen molar-refractivity contribution in [2.45, 2.75) is 23.9 Å². The van der Waals surface area contributed by atoms with Gasteiger partial charge in [-0.1, -0.05) is 47.1 Å². The van der Waals surface area contributed by atoms with Crippen LogP contribution in [0, 0.1) is 17.0 Å². The number of methoxy groups -OCH3 is 1. The van der Waals surface area contributed by atoms with Crippen molar-refractivity contribution in [1.82, 2.24) is 14.8 Å². The Morgan fingerprint density at radius 2 is 1.73 bits per heavy atom. The number of nitrogens with zero attached hydrogens (tertiary/aromatic N) is 4. The van der Waals surface area contributed by atoms with E-state index in [1.807, 2.05) is 35.8 Å². The predicted molar refractivity (Wildman–Crippen MR) is 148 cm³/mol. The van der Waals surface area contributed by atoms with Crippen molar-refractivity contribution < 1.29 is 14.4 Å². The first-order valence-corrected chi connectivity index (χ1v) is 13.4. The number of halogens is 3. The summed E-state index contributed by atoms with van der Waals surface area (Å²) in [6, 6.07) is 18.1. The minimum Gasteiger partial charge on any atom is -0.493 e. The average Bonchev–Trinajstić information content (AvgIpc) is 3.23. The lowest BCUT2D eigenvalue weighted by Crippen LogP contribution is -2.12. The highest BCUT2D eigenvalue weighted by Gasteiger charge is 2.26. The van der Waals surface area contributed by atoms with Gasteiger partial charge in [-0.2, -0.15) is 0 Å². The molecule has 4 aromatic rings. The fourth-order valence-corrected chi connectivity index (χ4v) is 5.56. The SMILES string of the molecule is COc1cc([C@@H](C[N+](=O)[O-])Sc2nnc(C)n2-c2ccc(Cl)cc2)cc(Br)c1OCc1ccc(Cl)cc1. The van der Waals surface area contributed by atoms with E-state index < -0.39 is 5.25 Å². The molecule has 8 nitrogen and oxygen atoms in total. The van der Waals surface area contributed by atoms with Gasteiger partial charge in [0.25, 0.3) is 0 Å². The number of thioether (sulfide) groups is 1. The molecule has 0 amide bonds. The largest absolute Gasteiger partial charge is 0.493 e. The van der Waals surface area contributed by atoms with Crippen molar-refractivity contribution in [3.05, 3.63) is 102 Å². The van der Waals surface area contributed by atoms with E-state index in [2.05, 4.69) is 26.1 Å². The molecule has 1 aromatic heterocycles. The Hall–Kier alpha value is -2.79. The minimum absolute atomic E-state index is 0.294. The van der Waals surface area contributed by atoms with Crippen LogP contribution in [-0.4, -0.2) is 33.3 Å². The number of rotatable bonds is 10. The van der Waals surface area contributed by atoms with Crippen LogP contribution in [0.1, 0.15) is 22.2 Å². The molecule has 3 aromatic carbocycles. The van der Waals surface area contributed by atoms with E-state index in [0.29, 0.717) is 49.2 Å². The Morgan fingerprint density at radius 1 is 1.08 bits per heavy atom. The van der Waals surface area contributed by atoms with Gasteiger partial charge in [0.15, 0.2) is 16.7 Å². The number of aryl methyl sites for hydroxylation is 1. The first-order valence-electron chi connectivity index (χ1n) is 11.0. The van der Waals surface area contributed by atoms with Crippen molar-refractivity contribution in [1.29, 1.82) is 0 Å². The summed E-state index contributed by atoms with van der Waals surface area (Å²) in [4.78, 5) is 11.3. The molecule has 0 aliphatic carbocycles. The van der Waals surface area contributed by atoms with Crippen LogP contribution in [0.15, 0.2) is 70.3 Å². The van der Waals surface area contributed by atoms with E-state index in [-0.39, 0.29) is 11.5 Å². The van der Waals surface area contributed by atoms with E-state index >= 15 is 0 Å². The Balaban J connectivity index is 1.64. The van der Waals surface area contributed by atoms with Gasteiger partial charge >= 0.3 is 0 Å². The summed E-state index contributed by atoms with van der Waals surface area (Å²) in [5, 5.41) is 21.3. The van der Waals surface area contributed by atoms with Crippen LogP contribution < -0.4 is 9.47 Å². The number of aromatic nitrogens is 3. The summed E-state index contributed by atoms with van der Waals surface area (Å²) in [7, 11) is 1.52. The number of hydrogen-bond acceptors (Lipinski definition) is 7. The Labute approximate surface area is 236 Å². The molecular formula is C25H21BrCl2N4O4S. The second-order valence-electron chi connectivity index (χ2n) is 7.91. The van der Waals surface area contributed by atoms with E-state index in [0.717, 1.165) is 11.3 Å². The third kappa shape index (κ3) is 6.75. The smallest absolute Gasteiger partial charge is 0.220 e. The summed E-state index contributed by atoms with van der Waals surface area (Å²) >= 11 is 16.8. The zero-order valence-electron chi connectivity index (χ0n) is 19.7. The lowest BCUT2D eigenvalue weighted by Gasteiger charge is -2.18. The lowest BCUT2D eigenvalue weighted by molar-refractivity contribution is -0.479. The first kappa shape index (κ1) is 27.3. The van der Waals surface area contributed by atoms with Gasteiger partial charge in [-0.05, 0) is 82.5 Å². The van der Waals surface area contributed by atoms with Crippen LogP contribution in [0.2, 0.25) is 10.0 Å². The summed E-state index contributed by atoms with van der Waals surface area (Å²) in [5.74, 6) is 1.59. The monoisotopic (exact) mass is 622 g/mol. The van der Waals surface area contributed by atoms with Crippen molar-refractivity contribution in [2.24, 2.45) is 0 Å². The molecule has 0 bridgehead atoms. The molecule has 0 spiro atoms. The first-order chi connectivity index (χ1) is 17.7. The summed E-state index contributed by atoms with van der Waals surface area (Å²) in [5.41, 5.74) is 2.41. The molecule has 37 heavy (non-hydrogen) atoms. The number of hydrogen-bond donors (Lipinski definition) is 0.